The van der Waals surface area contributed by atoms with E-state index in [0.29, 0.717) is 10.9 Å². The standard InChI is InChI=1S/C13H19N3OS2/c1-9(2)14-13(18)16-15-12(17)8-19-11-7-5-4-6-10(11)3/h4-7,9H,8H2,1-3H3,(H,15,17)(H2,14,16,18). The number of hydrazine groups is 1. The Kier molecular flexibility index (Phi) is 6.66. The average Bonchev–Trinajstić information content (AvgIpc) is 2.34. The number of thiocarbonyl (C=S) groups is 1. The number of thioether (sulfide) groups is 1. The maximum atomic E-state index is 11.6. The predicted octanol–water partition coefficient (Wildman–Crippen LogP) is 1.99. The van der Waals surface area contributed by atoms with Gasteiger partial charge in [-0.2, -0.15) is 0 Å². The highest BCUT2D eigenvalue weighted by Crippen LogP contribution is 2.21. The number of rotatable bonds is 4. The highest BCUT2D eigenvalue weighted by Gasteiger charge is 2.05. The zero-order valence-electron chi connectivity index (χ0n) is 11.3. The van der Waals surface area contributed by atoms with Crippen molar-refractivity contribution in [2.24, 2.45) is 0 Å². The van der Waals surface area contributed by atoms with Crippen molar-refractivity contribution in [3.05, 3.63) is 29.8 Å². The molecule has 1 aromatic rings. The number of amides is 1. The van der Waals surface area contributed by atoms with Gasteiger partial charge in [0.1, 0.15) is 0 Å². The molecule has 0 saturated carbocycles. The Labute approximate surface area is 123 Å². The number of benzene rings is 1. The lowest BCUT2D eigenvalue weighted by atomic mass is 10.2. The van der Waals surface area contributed by atoms with E-state index in [1.54, 1.807) is 0 Å². The summed E-state index contributed by atoms with van der Waals surface area (Å²) in [4.78, 5) is 12.7. The van der Waals surface area contributed by atoms with E-state index >= 15 is 0 Å². The number of hydrogen-bond donors (Lipinski definition) is 3. The van der Waals surface area contributed by atoms with E-state index < -0.39 is 0 Å². The van der Waals surface area contributed by atoms with Crippen LogP contribution in [0.15, 0.2) is 29.2 Å². The predicted molar refractivity (Wildman–Crippen MR) is 84.1 cm³/mol. The van der Waals surface area contributed by atoms with Gasteiger partial charge in [-0.25, -0.2) is 0 Å². The van der Waals surface area contributed by atoms with Gasteiger partial charge in [-0.1, -0.05) is 18.2 Å². The topological polar surface area (TPSA) is 53.2 Å². The van der Waals surface area contributed by atoms with Gasteiger partial charge in [-0.3, -0.25) is 15.6 Å². The van der Waals surface area contributed by atoms with E-state index in [4.69, 9.17) is 12.2 Å². The molecule has 0 aromatic heterocycles. The molecule has 0 aliphatic rings. The van der Waals surface area contributed by atoms with Crippen LogP contribution in [0.5, 0.6) is 0 Å². The van der Waals surface area contributed by atoms with Crippen molar-refractivity contribution in [3.8, 4) is 0 Å². The van der Waals surface area contributed by atoms with E-state index in [1.165, 1.54) is 17.3 Å². The van der Waals surface area contributed by atoms with Gasteiger partial charge in [0.05, 0.1) is 5.75 Å². The molecule has 0 fully saturated rings. The van der Waals surface area contributed by atoms with Crippen molar-refractivity contribution < 1.29 is 4.79 Å². The molecular weight excluding hydrogens is 278 g/mol. The molecule has 0 aliphatic heterocycles. The van der Waals surface area contributed by atoms with Crippen LogP contribution in [-0.2, 0) is 4.79 Å². The number of hydrogen-bond acceptors (Lipinski definition) is 3. The van der Waals surface area contributed by atoms with Gasteiger partial charge < -0.3 is 5.32 Å². The van der Waals surface area contributed by atoms with Gasteiger partial charge in [-0.15, -0.1) is 11.8 Å². The lowest BCUT2D eigenvalue weighted by Crippen LogP contribution is -2.49. The first kappa shape index (κ1) is 15.8. The van der Waals surface area contributed by atoms with E-state index in [2.05, 4.69) is 16.2 Å². The summed E-state index contributed by atoms with van der Waals surface area (Å²) < 4.78 is 0. The van der Waals surface area contributed by atoms with Gasteiger partial charge in [0.15, 0.2) is 5.11 Å². The van der Waals surface area contributed by atoms with Crippen molar-refractivity contribution in [2.45, 2.75) is 31.7 Å². The zero-order chi connectivity index (χ0) is 14.3. The van der Waals surface area contributed by atoms with Crippen LogP contribution in [0, 0.1) is 6.92 Å². The minimum absolute atomic E-state index is 0.110. The minimum Gasteiger partial charge on any atom is -0.359 e. The molecule has 1 amide bonds. The molecule has 0 bridgehead atoms. The number of carbonyl (C=O) groups is 1. The van der Waals surface area contributed by atoms with E-state index in [9.17, 15) is 4.79 Å². The molecule has 0 spiro atoms. The number of aryl methyl sites for hydroxylation is 1. The summed E-state index contributed by atoms with van der Waals surface area (Å²) in [6.45, 7) is 5.98. The molecule has 6 heteroatoms. The minimum atomic E-state index is -0.110. The second-order valence-electron chi connectivity index (χ2n) is 4.36. The van der Waals surface area contributed by atoms with E-state index in [1.807, 2.05) is 45.0 Å². The Morgan fingerprint density at radius 2 is 2.00 bits per heavy atom. The zero-order valence-corrected chi connectivity index (χ0v) is 13.0. The largest absolute Gasteiger partial charge is 0.359 e. The third kappa shape index (κ3) is 6.45. The maximum absolute atomic E-state index is 11.6. The molecule has 1 rings (SSSR count). The summed E-state index contributed by atoms with van der Waals surface area (Å²) in [6, 6.07) is 8.22. The highest BCUT2D eigenvalue weighted by molar-refractivity contribution is 8.00. The summed E-state index contributed by atoms with van der Waals surface area (Å²) in [5.74, 6) is 0.239. The molecular formula is C13H19N3OS2. The Hall–Kier alpha value is -1.27. The van der Waals surface area contributed by atoms with Crippen molar-refractivity contribution >= 4 is 35.0 Å². The van der Waals surface area contributed by atoms with Crippen molar-refractivity contribution in [3.63, 3.8) is 0 Å². The fourth-order valence-electron chi connectivity index (χ4n) is 1.32. The van der Waals surface area contributed by atoms with Gasteiger partial charge in [0.25, 0.3) is 0 Å². The number of nitrogens with one attached hydrogen (secondary N) is 3. The molecule has 4 nitrogen and oxygen atoms in total. The monoisotopic (exact) mass is 297 g/mol. The highest BCUT2D eigenvalue weighted by atomic mass is 32.2. The lowest BCUT2D eigenvalue weighted by molar-refractivity contribution is -0.119. The summed E-state index contributed by atoms with van der Waals surface area (Å²) >= 11 is 6.51. The van der Waals surface area contributed by atoms with Crippen LogP contribution in [0.1, 0.15) is 19.4 Å². The molecule has 0 radical (unpaired) electrons. The molecule has 0 aliphatic carbocycles. The number of carbonyl (C=O) groups excluding carboxylic acids is 1. The second kappa shape index (κ2) is 8.01. The third-order valence-electron chi connectivity index (χ3n) is 2.19. The average molecular weight is 297 g/mol. The smallest absolute Gasteiger partial charge is 0.248 e. The van der Waals surface area contributed by atoms with Crippen LogP contribution in [0.25, 0.3) is 0 Å². The van der Waals surface area contributed by atoms with Gasteiger partial charge in [-0.05, 0) is 44.6 Å². The van der Waals surface area contributed by atoms with Crippen LogP contribution in [-0.4, -0.2) is 22.8 Å². The molecule has 0 saturated heterocycles. The maximum Gasteiger partial charge on any atom is 0.248 e. The van der Waals surface area contributed by atoms with Gasteiger partial charge in [0, 0.05) is 10.9 Å². The van der Waals surface area contributed by atoms with Crippen molar-refractivity contribution in [1.29, 1.82) is 0 Å². The Morgan fingerprint density at radius 3 is 2.63 bits per heavy atom. The van der Waals surface area contributed by atoms with Crippen molar-refractivity contribution in [2.75, 3.05) is 5.75 Å². The van der Waals surface area contributed by atoms with Crippen LogP contribution in [0.3, 0.4) is 0 Å². The Morgan fingerprint density at radius 1 is 1.32 bits per heavy atom. The fraction of sp³-hybridized carbons (Fsp3) is 0.385. The van der Waals surface area contributed by atoms with Crippen LogP contribution >= 0.6 is 24.0 Å². The summed E-state index contributed by atoms with van der Waals surface area (Å²) in [5.41, 5.74) is 6.41. The van der Waals surface area contributed by atoms with Crippen LogP contribution in [0.2, 0.25) is 0 Å². The van der Waals surface area contributed by atoms with Crippen LogP contribution in [0.4, 0.5) is 0 Å². The molecule has 104 valence electrons. The molecule has 0 heterocycles. The lowest BCUT2D eigenvalue weighted by Gasteiger charge is -2.13. The second-order valence-corrected chi connectivity index (χ2v) is 5.78. The SMILES string of the molecule is Cc1ccccc1SCC(=O)NNC(=S)NC(C)C. The van der Waals surface area contributed by atoms with E-state index in [0.717, 1.165) is 4.90 Å². The first-order chi connectivity index (χ1) is 8.99. The third-order valence-corrected chi connectivity index (χ3v) is 3.58. The van der Waals surface area contributed by atoms with Gasteiger partial charge >= 0.3 is 0 Å². The first-order valence-electron chi connectivity index (χ1n) is 6.03. The Balaban J connectivity index is 2.29. The normalized spacial score (nSPS) is 10.1. The van der Waals surface area contributed by atoms with Crippen LogP contribution < -0.4 is 16.2 Å². The molecule has 0 atom stereocenters. The van der Waals surface area contributed by atoms with E-state index in [-0.39, 0.29) is 11.9 Å². The fourth-order valence-corrected chi connectivity index (χ4v) is 2.44. The first-order valence-corrected chi connectivity index (χ1v) is 7.42. The molecule has 0 unspecified atom stereocenters. The Bertz CT molecular complexity index is 449. The summed E-state index contributed by atoms with van der Waals surface area (Å²) in [7, 11) is 0. The summed E-state index contributed by atoms with van der Waals surface area (Å²) in [6.07, 6.45) is 0. The van der Waals surface area contributed by atoms with Crippen molar-refractivity contribution in [1.82, 2.24) is 16.2 Å². The van der Waals surface area contributed by atoms with Gasteiger partial charge in [0.2, 0.25) is 5.91 Å². The molecule has 3 N–H and O–H groups in total. The molecule has 1 aromatic carbocycles. The summed E-state index contributed by atoms with van der Waals surface area (Å²) in [5, 5.41) is 3.40. The molecule has 19 heavy (non-hydrogen) atoms. The quantitative estimate of drug-likeness (QED) is 0.451.